The minimum atomic E-state index is 0.456. The first kappa shape index (κ1) is 6.90. The van der Waals surface area contributed by atoms with E-state index in [1.165, 1.54) is 0 Å². The van der Waals surface area contributed by atoms with Crippen molar-refractivity contribution in [1.82, 2.24) is 0 Å². The Morgan fingerprint density at radius 3 is 2.25 bits per heavy atom. The van der Waals surface area contributed by atoms with Gasteiger partial charge in [-0.05, 0) is 13.8 Å². The summed E-state index contributed by atoms with van der Waals surface area (Å²) in [5.74, 6) is 0. The third-order valence-corrected chi connectivity index (χ3v) is 0.520. The van der Waals surface area contributed by atoms with Gasteiger partial charge in [-0.1, -0.05) is 6.58 Å². The number of allylic oxidation sites excluding steroid dienone is 1. The Kier molecular flexibility index (Phi) is 2.57. The fourth-order valence-electron chi connectivity index (χ4n) is 0.311. The van der Waals surface area contributed by atoms with Crippen LogP contribution < -0.4 is 0 Å². The van der Waals surface area contributed by atoms with Gasteiger partial charge in [0.2, 0.25) is 0 Å². The van der Waals surface area contributed by atoms with Crippen LogP contribution in [-0.2, 0) is 0 Å². The lowest BCUT2D eigenvalue weighted by Crippen LogP contribution is -1.82. The molecule has 42 valence electrons. The molecule has 0 radical (unpaired) electrons. The Balaban J connectivity index is 4.01. The SMILES string of the molecule is C=C(C)/N=C(\C)C#N. The predicted molar refractivity (Wildman–Crippen MR) is 33.5 cm³/mol. The zero-order valence-electron chi connectivity index (χ0n) is 5.10. The highest BCUT2D eigenvalue weighted by atomic mass is 14.7. The molecule has 0 aromatic rings. The molecule has 0 spiro atoms. The molecule has 0 saturated heterocycles. The zero-order chi connectivity index (χ0) is 6.57. The normalized spacial score (nSPS) is 10.4. The van der Waals surface area contributed by atoms with Crippen molar-refractivity contribution < 1.29 is 0 Å². The largest absolute Gasteiger partial charge is 0.248 e. The van der Waals surface area contributed by atoms with Crippen LogP contribution in [0.1, 0.15) is 13.8 Å². The first-order valence-electron chi connectivity index (χ1n) is 2.27. The molecule has 2 heteroatoms. The van der Waals surface area contributed by atoms with E-state index in [0.29, 0.717) is 11.4 Å². The van der Waals surface area contributed by atoms with Gasteiger partial charge in [-0.25, -0.2) is 4.99 Å². The standard InChI is InChI=1S/C6H8N2/c1-5(2)8-6(3)4-7/h1H2,2-3H3/b8-6+. The number of nitriles is 1. The van der Waals surface area contributed by atoms with Gasteiger partial charge in [-0.2, -0.15) is 5.26 Å². The van der Waals surface area contributed by atoms with Crippen molar-refractivity contribution in [2.75, 3.05) is 0 Å². The van der Waals surface area contributed by atoms with Crippen molar-refractivity contribution in [3.8, 4) is 6.07 Å². The number of hydrogen-bond acceptors (Lipinski definition) is 2. The number of nitrogens with zero attached hydrogens (tertiary/aromatic N) is 2. The molecule has 0 bridgehead atoms. The summed E-state index contributed by atoms with van der Waals surface area (Å²) in [5.41, 5.74) is 1.13. The summed E-state index contributed by atoms with van der Waals surface area (Å²) in [6, 6.07) is 1.89. The Morgan fingerprint density at radius 2 is 2.12 bits per heavy atom. The second-order valence-electron chi connectivity index (χ2n) is 1.54. The third kappa shape index (κ3) is 3.10. The van der Waals surface area contributed by atoms with Crippen LogP contribution in [0, 0.1) is 11.3 Å². The van der Waals surface area contributed by atoms with Crippen molar-refractivity contribution in [3.05, 3.63) is 12.3 Å². The number of aliphatic imine (C=N–C) groups is 1. The van der Waals surface area contributed by atoms with Crippen LogP contribution in [0.4, 0.5) is 0 Å². The van der Waals surface area contributed by atoms with E-state index in [-0.39, 0.29) is 0 Å². The monoisotopic (exact) mass is 108 g/mol. The van der Waals surface area contributed by atoms with Crippen LogP contribution in [0.25, 0.3) is 0 Å². The lowest BCUT2D eigenvalue weighted by Gasteiger charge is -1.83. The fraction of sp³-hybridized carbons (Fsp3) is 0.333. The van der Waals surface area contributed by atoms with Gasteiger partial charge in [-0.3, -0.25) is 0 Å². The summed E-state index contributed by atoms with van der Waals surface area (Å²) in [6.07, 6.45) is 0. The van der Waals surface area contributed by atoms with Gasteiger partial charge in [0.25, 0.3) is 0 Å². The predicted octanol–water partition coefficient (Wildman–Crippen LogP) is 1.50. The minimum absolute atomic E-state index is 0.456. The average molecular weight is 108 g/mol. The maximum absolute atomic E-state index is 8.16. The Hall–Kier alpha value is -1.10. The van der Waals surface area contributed by atoms with Crippen LogP contribution in [0.3, 0.4) is 0 Å². The molecule has 8 heavy (non-hydrogen) atoms. The van der Waals surface area contributed by atoms with Crippen molar-refractivity contribution >= 4 is 5.71 Å². The lowest BCUT2D eigenvalue weighted by atomic mass is 10.4. The maximum atomic E-state index is 8.16. The second-order valence-corrected chi connectivity index (χ2v) is 1.54. The van der Waals surface area contributed by atoms with E-state index < -0.39 is 0 Å². The third-order valence-electron chi connectivity index (χ3n) is 0.520. The Morgan fingerprint density at radius 1 is 1.62 bits per heavy atom. The summed E-state index contributed by atoms with van der Waals surface area (Å²) >= 11 is 0. The van der Waals surface area contributed by atoms with Gasteiger partial charge in [0.15, 0.2) is 0 Å². The molecular weight excluding hydrogens is 100 g/mol. The van der Waals surface area contributed by atoms with Crippen molar-refractivity contribution in [2.24, 2.45) is 4.99 Å². The highest BCUT2D eigenvalue weighted by molar-refractivity contribution is 5.96. The highest BCUT2D eigenvalue weighted by Gasteiger charge is 1.81. The summed E-state index contributed by atoms with van der Waals surface area (Å²) in [5, 5.41) is 8.16. The molecule has 0 atom stereocenters. The van der Waals surface area contributed by atoms with E-state index in [4.69, 9.17) is 5.26 Å². The quantitative estimate of drug-likeness (QED) is 0.469. The molecular formula is C6H8N2. The number of hydrogen-bond donors (Lipinski definition) is 0. The summed E-state index contributed by atoms with van der Waals surface area (Å²) in [6.45, 7) is 6.90. The van der Waals surface area contributed by atoms with Crippen LogP contribution in [0.15, 0.2) is 17.3 Å². The summed E-state index contributed by atoms with van der Waals surface area (Å²) in [4.78, 5) is 3.76. The van der Waals surface area contributed by atoms with Gasteiger partial charge >= 0.3 is 0 Å². The first-order valence-corrected chi connectivity index (χ1v) is 2.27. The van der Waals surface area contributed by atoms with Crippen molar-refractivity contribution in [3.63, 3.8) is 0 Å². The molecule has 0 N–H and O–H groups in total. The molecule has 2 nitrogen and oxygen atoms in total. The fourth-order valence-corrected chi connectivity index (χ4v) is 0.311. The van der Waals surface area contributed by atoms with Crippen LogP contribution in [-0.4, -0.2) is 5.71 Å². The molecule has 0 aromatic heterocycles. The highest BCUT2D eigenvalue weighted by Crippen LogP contribution is 1.88. The van der Waals surface area contributed by atoms with E-state index in [1.807, 2.05) is 6.07 Å². The van der Waals surface area contributed by atoms with Gasteiger partial charge in [0, 0.05) is 5.70 Å². The lowest BCUT2D eigenvalue weighted by molar-refractivity contribution is 1.32. The molecule has 0 amide bonds. The molecule has 0 saturated carbocycles. The van der Waals surface area contributed by atoms with Crippen molar-refractivity contribution in [2.45, 2.75) is 13.8 Å². The van der Waals surface area contributed by atoms with Crippen LogP contribution in [0.5, 0.6) is 0 Å². The average Bonchev–Trinajstić information content (AvgIpc) is 1.65. The van der Waals surface area contributed by atoms with Crippen LogP contribution in [0.2, 0.25) is 0 Å². The second kappa shape index (κ2) is 2.98. The van der Waals surface area contributed by atoms with Gasteiger partial charge < -0.3 is 0 Å². The van der Waals surface area contributed by atoms with Crippen LogP contribution >= 0.6 is 0 Å². The van der Waals surface area contributed by atoms with E-state index in [0.717, 1.165) is 0 Å². The molecule has 0 aliphatic rings. The summed E-state index contributed by atoms with van der Waals surface area (Å²) in [7, 11) is 0. The first-order chi connectivity index (χ1) is 3.66. The Labute approximate surface area is 49.2 Å². The smallest absolute Gasteiger partial charge is 0.115 e. The van der Waals surface area contributed by atoms with Gasteiger partial charge in [0.1, 0.15) is 11.8 Å². The van der Waals surface area contributed by atoms with E-state index in [9.17, 15) is 0 Å². The zero-order valence-corrected chi connectivity index (χ0v) is 5.10. The topological polar surface area (TPSA) is 36.1 Å². The van der Waals surface area contributed by atoms with E-state index in [2.05, 4.69) is 11.6 Å². The van der Waals surface area contributed by atoms with E-state index in [1.54, 1.807) is 13.8 Å². The van der Waals surface area contributed by atoms with E-state index >= 15 is 0 Å². The molecule has 0 heterocycles. The molecule has 0 rings (SSSR count). The summed E-state index contributed by atoms with van der Waals surface area (Å²) < 4.78 is 0. The molecule has 0 fully saturated rings. The minimum Gasteiger partial charge on any atom is -0.248 e. The molecule has 0 aliphatic carbocycles. The van der Waals surface area contributed by atoms with Gasteiger partial charge in [0.05, 0.1) is 0 Å². The Bertz CT molecular complexity index is 160. The molecule has 0 unspecified atom stereocenters. The molecule has 0 aromatic carbocycles. The number of rotatable bonds is 1. The maximum Gasteiger partial charge on any atom is 0.115 e. The van der Waals surface area contributed by atoms with Crippen molar-refractivity contribution in [1.29, 1.82) is 5.26 Å². The van der Waals surface area contributed by atoms with Gasteiger partial charge in [-0.15, -0.1) is 0 Å². The molecule has 0 aliphatic heterocycles.